The van der Waals surface area contributed by atoms with Gasteiger partial charge in [-0.05, 0) is 53.8 Å². The van der Waals surface area contributed by atoms with Gasteiger partial charge in [-0.15, -0.1) is 0 Å². The summed E-state index contributed by atoms with van der Waals surface area (Å²) in [5.41, 5.74) is 4.51. The molecule has 1 aromatic rings. The lowest BCUT2D eigenvalue weighted by atomic mass is 9.79. The maximum Gasteiger partial charge on any atom is 0.0662 e. The Hall–Kier alpha value is 0.0600. The fourth-order valence-electron chi connectivity index (χ4n) is 3.37. The van der Waals surface area contributed by atoms with Gasteiger partial charge < -0.3 is 4.90 Å². The van der Waals surface area contributed by atoms with E-state index in [9.17, 15) is 0 Å². The van der Waals surface area contributed by atoms with Crippen LogP contribution in [0.15, 0.2) is 15.2 Å². The van der Waals surface area contributed by atoms with Gasteiger partial charge in [0.15, 0.2) is 0 Å². The Kier molecular flexibility index (Phi) is 5.43. The van der Waals surface area contributed by atoms with Gasteiger partial charge in [-0.1, -0.05) is 25.7 Å². The van der Waals surface area contributed by atoms with Gasteiger partial charge in [-0.3, -0.25) is 11.3 Å². The minimum absolute atomic E-state index is 0.120. The van der Waals surface area contributed by atoms with E-state index in [2.05, 4.69) is 51.1 Å². The van der Waals surface area contributed by atoms with E-state index < -0.39 is 0 Å². The van der Waals surface area contributed by atoms with E-state index in [0.29, 0.717) is 0 Å². The third-order valence-electron chi connectivity index (χ3n) is 4.52. The Morgan fingerprint density at radius 1 is 1.26 bits per heavy atom. The molecule has 19 heavy (non-hydrogen) atoms. The highest BCUT2D eigenvalue weighted by molar-refractivity contribution is 9.10. The zero-order valence-corrected chi connectivity index (χ0v) is 14.2. The summed E-state index contributed by atoms with van der Waals surface area (Å²) in [6, 6.07) is 0.182. The Bertz CT molecular complexity index is 397. The van der Waals surface area contributed by atoms with E-state index in [1.807, 2.05) is 0 Å². The molecule has 2 rings (SSSR count). The fourth-order valence-corrected chi connectivity index (χ4v) is 4.92. The van der Waals surface area contributed by atoms with Crippen LogP contribution in [-0.2, 0) is 0 Å². The van der Waals surface area contributed by atoms with Crippen molar-refractivity contribution in [1.29, 1.82) is 0 Å². The maximum absolute atomic E-state index is 5.94. The van der Waals surface area contributed by atoms with Crippen LogP contribution in [0.1, 0.15) is 50.1 Å². The summed E-state index contributed by atoms with van der Waals surface area (Å²) in [5.74, 6) is 5.94. The third-order valence-corrected chi connectivity index (χ3v) is 6.27. The molecule has 0 bridgehead atoms. The summed E-state index contributed by atoms with van der Waals surface area (Å²) in [6.45, 7) is 0. The van der Waals surface area contributed by atoms with Crippen LogP contribution in [0.3, 0.4) is 0 Å². The Labute approximate surface area is 128 Å². The van der Waals surface area contributed by atoms with Gasteiger partial charge in [-0.2, -0.15) is 11.3 Å². The summed E-state index contributed by atoms with van der Waals surface area (Å²) in [6.07, 6.45) is 7.68. The van der Waals surface area contributed by atoms with Crippen molar-refractivity contribution in [2.75, 3.05) is 14.1 Å². The van der Waals surface area contributed by atoms with Gasteiger partial charge in [0.05, 0.1) is 6.04 Å². The molecule has 0 aromatic carbocycles. The van der Waals surface area contributed by atoms with Gasteiger partial charge in [0.1, 0.15) is 0 Å². The van der Waals surface area contributed by atoms with Crippen molar-refractivity contribution in [3.05, 3.63) is 20.8 Å². The summed E-state index contributed by atoms with van der Waals surface area (Å²) in [4.78, 5) is 2.38. The number of nitrogens with two attached hydrogens (primary N) is 1. The Morgan fingerprint density at radius 3 is 2.32 bits per heavy atom. The molecule has 108 valence electrons. The molecule has 0 saturated heterocycles. The van der Waals surface area contributed by atoms with E-state index in [0.717, 1.165) is 0 Å². The molecule has 1 aromatic heterocycles. The molecule has 0 amide bonds. The van der Waals surface area contributed by atoms with Gasteiger partial charge >= 0.3 is 0 Å². The molecule has 0 radical (unpaired) electrons. The predicted octanol–water partition coefficient (Wildman–Crippen LogP) is 3.67. The molecule has 1 atom stereocenters. The monoisotopic (exact) mass is 345 g/mol. The molecule has 5 heteroatoms. The Morgan fingerprint density at radius 2 is 1.89 bits per heavy atom. The number of nitrogens with zero attached hydrogens (tertiary/aromatic N) is 1. The number of likely N-dealkylation sites (N-methyl/N-ethyl adjacent to an activating group) is 1. The Balaban J connectivity index is 2.37. The average molecular weight is 346 g/mol. The molecular formula is C14H24BrN3S. The summed E-state index contributed by atoms with van der Waals surface area (Å²) >= 11 is 5.39. The van der Waals surface area contributed by atoms with Crippen molar-refractivity contribution in [2.45, 2.75) is 50.1 Å². The average Bonchev–Trinajstić information content (AvgIpc) is 2.67. The highest BCUT2D eigenvalue weighted by Gasteiger charge is 2.42. The maximum atomic E-state index is 5.94. The second kappa shape index (κ2) is 6.68. The molecule has 0 spiro atoms. The van der Waals surface area contributed by atoms with E-state index in [-0.39, 0.29) is 11.6 Å². The van der Waals surface area contributed by atoms with Gasteiger partial charge in [0.25, 0.3) is 0 Å². The molecule has 1 saturated carbocycles. The number of hydrazine groups is 1. The molecule has 1 aliphatic rings. The van der Waals surface area contributed by atoms with E-state index in [1.165, 1.54) is 48.6 Å². The van der Waals surface area contributed by atoms with Crippen molar-refractivity contribution < 1.29 is 0 Å². The molecule has 1 aliphatic carbocycles. The lowest BCUT2D eigenvalue weighted by Gasteiger charge is -2.45. The number of hydrogen-bond acceptors (Lipinski definition) is 4. The second-order valence-electron chi connectivity index (χ2n) is 5.69. The van der Waals surface area contributed by atoms with Crippen LogP contribution in [0.2, 0.25) is 0 Å². The standard InChI is InChI=1S/C14H24BrN3S/c1-18(2)14(7-5-3-4-6-8-14)13(17-16)11-9-19-10-12(11)15/h9-10,13,17H,3-8,16H2,1-2H3. The zero-order valence-electron chi connectivity index (χ0n) is 11.8. The topological polar surface area (TPSA) is 41.3 Å². The van der Waals surface area contributed by atoms with E-state index in [4.69, 9.17) is 5.84 Å². The van der Waals surface area contributed by atoms with Gasteiger partial charge in [-0.25, -0.2) is 0 Å². The minimum atomic E-state index is 0.120. The smallest absolute Gasteiger partial charge is 0.0662 e. The van der Waals surface area contributed by atoms with Crippen molar-refractivity contribution >= 4 is 27.3 Å². The molecule has 1 heterocycles. The largest absolute Gasteiger partial charge is 0.302 e. The van der Waals surface area contributed by atoms with Crippen LogP contribution >= 0.6 is 27.3 Å². The van der Waals surface area contributed by atoms with Crippen molar-refractivity contribution in [3.8, 4) is 0 Å². The minimum Gasteiger partial charge on any atom is -0.302 e. The van der Waals surface area contributed by atoms with Crippen molar-refractivity contribution in [2.24, 2.45) is 5.84 Å². The first-order valence-corrected chi connectivity index (χ1v) is 8.70. The molecular weight excluding hydrogens is 322 g/mol. The van der Waals surface area contributed by atoms with Crippen molar-refractivity contribution in [1.82, 2.24) is 10.3 Å². The molecule has 0 aliphatic heterocycles. The number of hydrogen-bond donors (Lipinski definition) is 2. The summed E-state index contributed by atoms with van der Waals surface area (Å²) < 4.78 is 1.17. The highest BCUT2D eigenvalue weighted by Crippen LogP contribution is 2.43. The van der Waals surface area contributed by atoms with Gasteiger partial charge in [0, 0.05) is 15.4 Å². The molecule has 3 nitrogen and oxygen atoms in total. The number of thiophene rings is 1. The summed E-state index contributed by atoms with van der Waals surface area (Å²) in [5, 5.41) is 4.35. The normalized spacial score (nSPS) is 21.3. The third kappa shape index (κ3) is 3.05. The first kappa shape index (κ1) is 15.4. The first-order chi connectivity index (χ1) is 9.12. The molecule has 3 N–H and O–H groups in total. The lowest BCUT2D eigenvalue weighted by Crippen LogP contribution is -2.55. The number of rotatable bonds is 4. The number of nitrogens with one attached hydrogen (secondary N) is 1. The second-order valence-corrected chi connectivity index (χ2v) is 7.28. The van der Waals surface area contributed by atoms with Crippen LogP contribution in [0, 0.1) is 0 Å². The van der Waals surface area contributed by atoms with Gasteiger partial charge in [0.2, 0.25) is 0 Å². The van der Waals surface area contributed by atoms with E-state index in [1.54, 1.807) is 11.3 Å². The van der Waals surface area contributed by atoms with Crippen molar-refractivity contribution in [3.63, 3.8) is 0 Å². The summed E-state index contributed by atoms with van der Waals surface area (Å²) in [7, 11) is 4.38. The molecule has 1 fully saturated rings. The van der Waals surface area contributed by atoms with Crippen LogP contribution in [0.5, 0.6) is 0 Å². The lowest BCUT2D eigenvalue weighted by molar-refractivity contribution is 0.0799. The fraction of sp³-hybridized carbons (Fsp3) is 0.714. The quantitative estimate of drug-likeness (QED) is 0.497. The van der Waals surface area contributed by atoms with Crippen LogP contribution in [-0.4, -0.2) is 24.5 Å². The first-order valence-electron chi connectivity index (χ1n) is 6.97. The SMILES string of the molecule is CN(C)C1(C(NN)c2cscc2Br)CCCCCC1. The predicted molar refractivity (Wildman–Crippen MR) is 86.2 cm³/mol. The number of halogens is 1. The van der Waals surface area contributed by atoms with Crippen LogP contribution in [0.25, 0.3) is 0 Å². The molecule has 1 unspecified atom stereocenters. The van der Waals surface area contributed by atoms with E-state index >= 15 is 0 Å². The zero-order chi connectivity index (χ0) is 13.9. The highest BCUT2D eigenvalue weighted by atomic mass is 79.9. The van der Waals surface area contributed by atoms with Crippen LogP contribution in [0.4, 0.5) is 0 Å². The van der Waals surface area contributed by atoms with Crippen LogP contribution < -0.4 is 11.3 Å².